The second kappa shape index (κ2) is 5.34. The third kappa shape index (κ3) is 2.45. The van der Waals surface area contributed by atoms with Crippen molar-refractivity contribution in [2.75, 3.05) is 18.7 Å². The summed E-state index contributed by atoms with van der Waals surface area (Å²) in [6.07, 6.45) is 1.72. The highest BCUT2D eigenvalue weighted by Gasteiger charge is 2.26. The first-order chi connectivity index (χ1) is 10.1. The van der Waals surface area contributed by atoms with E-state index in [1.54, 1.807) is 31.5 Å². The Morgan fingerprint density at radius 1 is 1.48 bits per heavy atom. The maximum absolute atomic E-state index is 11.2. The van der Waals surface area contributed by atoms with Crippen molar-refractivity contribution < 1.29 is 14.6 Å². The third-order valence-corrected chi connectivity index (χ3v) is 4.11. The Labute approximate surface area is 125 Å². The van der Waals surface area contributed by atoms with E-state index in [1.165, 1.54) is 11.8 Å². The van der Waals surface area contributed by atoms with Crippen LogP contribution in [0.4, 0.5) is 11.5 Å². The van der Waals surface area contributed by atoms with Crippen LogP contribution in [-0.4, -0.2) is 34.9 Å². The molecule has 1 aliphatic rings. The minimum Gasteiger partial charge on any atom is -0.478 e. The SMILES string of the molecule is COCN1c2cc(C(=O)O)ccc2Sc2ncc(C)nc21. The minimum absolute atomic E-state index is 0.236. The molecule has 0 aliphatic carbocycles. The van der Waals surface area contributed by atoms with Crippen molar-refractivity contribution in [1.82, 2.24) is 9.97 Å². The van der Waals surface area contributed by atoms with Gasteiger partial charge in [0.25, 0.3) is 0 Å². The van der Waals surface area contributed by atoms with Crippen molar-refractivity contribution in [2.45, 2.75) is 16.8 Å². The molecule has 0 bridgehead atoms. The van der Waals surface area contributed by atoms with Gasteiger partial charge < -0.3 is 9.84 Å². The normalized spacial score (nSPS) is 12.8. The molecule has 1 aromatic carbocycles. The number of methoxy groups -OCH3 is 1. The molecule has 0 amide bonds. The Kier molecular flexibility index (Phi) is 3.52. The van der Waals surface area contributed by atoms with E-state index in [4.69, 9.17) is 9.84 Å². The van der Waals surface area contributed by atoms with Gasteiger partial charge in [-0.25, -0.2) is 14.8 Å². The summed E-state index contributed by atoms with van der Waals surface area (Å²) in [6, 6.07) is 5.01. The Balaban J connectivity index is 2.15. The van der Waals surface area contributed by atoms with Crippen molar-refractivity contribution in [2.24, 2.45) is 0 Å². The summed E-state index contributed by atoms with van der Waals surface area (Å²) in [6.45, 7) is 2.15. The third-order valence-electron chi connectivity index (χ3n) is 3.06. The lowest BCUT2D eigenvalue weighted by molar-refractivity contribution is 0.0697. The lowest BCUT2D eigenvalue weighted by Gasteiger charge is -2.30. The fourth-order valence-electron chi connectivity index (χ4n) is 2.13. The van der Waals surface area contributed by atoms with Gasteiger partial charge in [-0.15, -0.1) is 0 Å². The van der Waals surface area contributed by atoms with Crippen molar-refractivity contribution in [3.63, 3.8) is 0 Å². The molecule has 1 N–H and O–H groups in total. The maximum atomic E-state index is 11.2. The highest BCUT2D eigenvalue weighted by atomic mass is 32.2. The first-order valence-electron chi connectivity index (χ1n) is 6.25. The zero-order valence-corrected chi connectivity index (χ0v) is 12.3. The Hall–Kier alpha value is -2.12. The average molecular weight is 303 g/mol. The van der Waals surface area contributed by atoms with Crippen LogP contribution in [-0.2, 0) is 4.74 Å². The predicted octanol–water partition coefficient (Wildman–Crippen LogP) is 2.69. The summed E-state index contributed by atoms with van der Waals surface area (Å²) in [5.74, 6) is -0.266. The number of nitrogens with zero attached hydrogens (tertiary/aromatic N) is 3. The van der Waals surface area contributed by atoms with E-state index < -0.39 is 5.97 Å². The number of rotatable bonds is 3. The van der Waals surface area contributed by atoms with Gasteiger partial charge in [-0.3, -0.25) is 4.90 Å². The van der Waals surface area contributed by atoms with Crippen LogP contribution in [0.2, 0.25) is 0 Å². The molecular formula is C14H13N3O3S. The maximum Gasteiger partial charge on any atom is 0.335 e. The van der Waals surface area contributed by atoms with Gasteiger partial charge >= 0.3 is 5.97 Å². The van der Waals surface area contributed by atoms with E-state index in [2.05, 4.69) is 9.97 Å². The lowest BCUT2D eigenvalue weighted by atomic mass is 10.2. The number of fused-ring (bicyclic) bond motifs is 2. The van der Waals surface area contributed by atoms with E-state index in [1.807, 2.05) is 11.8 Å². The van der Waals surface area contributed by atoms with Crippen LogP contribution in [0.1, 0.15) is 16.1 Å². The Morgan fingerprint density at radius 3 is 3.00 bits per heavy atom. The first kappa shape index (κ1) is 13.8. The van der Waals surface area contributed by atoms with E-state index in [0.29, 0.717) is 5.82 Å². The van der Waals surface area contributed by atoms with Crippen molar-refractivity contribution in [1.29, 1.82) is 0 Å². The predicted molar refractivity (Wildman–Crippen MR) is 78.3 cm³/mol. The molecule has 0 atom stereocenters. The van der Waals surface area contributed by atoms with Gasteiger partial charge in [-0.2, -0.15) is 0 Å². The number of carboxylic acids is 1. The van der Waals surface area contributed by atoms with Gasteiger partial charge in [-0.1, -0.05) is 11.8 Å². The van der Waals surface area contributed by atoms with Gasteiger partial charge in [-0.05, 0) is 25.1 Å². The summed E-state index contributed by atoms with van der Waals surface area (Å²) in [7, 11) is 1.59. The van der Waals surface area contributed by atoms with Gasteiger partial charge in [0.1, 0.15) is 11.8 Å². The first-order valence-corrected chi connectivity index (χ1v) is 7.07. The smallest absolute Gasteiger partial charge is 0.335 e. The van der Waals surface area contributed by atoms with Gasteiger partial charge in [0.2, 0.25) is 0 Å². The highest BCUT2D eigenvalue weighted by Crippen LogP contribution is 2.46. The fourth-order valence-corrected chi connectivity index (χ4v) is 3.10. The van der Waals surface area contributed by atoms with Crippen LogP contribution >= 0.6 is 11.8 Å². The number of aromatic nitrogens is 2. The molecule has 7 heteroatoms. The Morgan fingerprint density at radius 2 is 2.29 bits per heavy atom. The molecule has 108 valence electrons. The molecule has 0 spiro atoms. The van der Waals surface area contributed by atoms with E-state index in [-0.39, 0.29) is 12.3 Å². The number of hydrogen-bond donors (Lipinski definition) is 1. The van der Waals surface area contributed by atoms with Crippen LogP contribution < -0.4 is 4.90 Å². The zero-order chi connectivity index (χ0) is 15.0. The van der Waals surface area contributed by atoms with Crippen LogP contribution in [0.5, 0.6) is 0 Å². The molecule has 0 saturated heterocycles. The van der Waals surface area contributed by atoms with Crippen LogP contribution in [0.25, 0.3) is 0 Å². The highest BCUT2D eigenvalue weighted by molar-refractivity contribution is 7.99. The molecular weight excluding hydrogens is 290 g/mol. The van der Waals surface area contributed by atoms with Crippen molar-refractivity contribution in [3.05, 3.63) is 35.7 Å². The molecule has 2 heterocycles. The summed E-state index contributed by atoms with van der Waals surface area (Å²) in [5.41, 5.74) is 1.81. The molecule has 1 aliphatic heterocycles. The summed E-state index contributed by atoms with van der Waals surface area (Å²) < 4.78 is 5.24. The quantitative estimate of drug-likeness (QED) is 0.934. The summed E-state index contributed by atoms with van der Waals surface area (Å²) in [4.78, 5) is 22.8. The molecule has 2 aromatic rings. The van der Waals surface area contributed by atoms with Crippen molar-refractivity contribution in [3.8, 4) is 0 Å². The molecule has 0 fully saturated rings. The number of ether oxygens (including phenoxy) is 1. The molecule has 1 aromatic heterocycles. The zero-order valence-electron chi connectivity index (χ0n) is 11.5. The largest absolute Gasteiger partial charge is 0.478 e. The second-order valence-electron chi connectivity index (χ2n) is 4.58. The lowest BCUT2D eigenvalue weighted by Crippen LogP contribution is -2.25. The topological polar surface area (TPSA) is 75.5 Å². The summed E-state index contributed by atoms with van der Waals surface area (Å²) in [5, 5.41) is 9.94. The molecule has 0 radical (unpaired) electrons. The minimum atomic E-state index is -0.957. The molecule has 3 rings (SSSR count). The number of carbonyl (C=O) groups is 1. The number of aryl methyl sites for hydroxylation is 1. The molecule has 0 saturated carbocycles. The number of hydrogen-bond acceptors (Lipinski definition) is 6. The Bertz CT molecular complexity index is 721. The van der Waals surface area contributed by atoms with E-state index >= 15 is 0 Å². The number of benzene rings is 1. The molecule has 6 nitrogen and oxygen atoms in total. The van der Waals surface area contributed by atoms with Crippen LogP contribution in [0.3, 0.4) is 0 Å². The second-order valence-corrected chi connectivity index (χ2v) is 5.61. The van der Waals surface area contributed by atoms with Gasteiger partial charge in [0.15, 0.2) is 5.82 Å². The van der Waals surface area contributed by atoms with Gasteiger partial charge in [0.05, 0.1) is 16.9 Å². The fraction of sp³-hybridized carbons (Fsp3) is 0.214. The number of carboxylic acid groups (broad SMARTS) is 1. The van der Waals surface area contributed by atoms with Crippen LogP contribution in [0.15, 0.2) is 34.3 Å². The standard InChI is InChI=1S/C14H13N3O3S/c1-8-6-15-13-12(16-8)17(7-20-2)10-5-9(14(18)19)3-4-11(10)21-13/h3-6H,7H2,1-2H3,(H,18,19). The van der Waals surface area contributed by atoms with E-state index in [9.17, 15) is 4.79 Å². The summed E-state index contributed by atoms with van der Waals surface area (Å²) >= 11 is 1.48. The molecule has 21 heavy (non-hydrogen) atoms. The number of aromatic carboxylic acids is 1. The van der Waals surface area contributed by atoms with E-state index in [0.717, 1.165) is 21.3 Å². The average Bonchev–Trinajstić information content (AvgIpc) is 2.47. The van der Waals surface area contributed by atoms with Crippen LogP contribution in [0, 0.1) is 6.92 Å². The monoisotopic (exact) mass is 303 g/mol. The molecule has 0 unspecified atom stereocenters. The van der Waals surface area contributed by atoms with Gasteiger partial charge in [0, 0.05) is 18.2 Å². The number of anilines is 2. The van der Waals surface area contributed by atoms with Crippen molar-refractivity contribution >= 4 is 29.2 Å².